The summed E-state index contributed by atoms with van der Waals surface area (Å²) in [6.45, 7) is 2.65. The molecule has 4 rings (SSSR count). The summed E-state index contributed by atoms with van der Waals surface area (Å²) in [7, 11) is 3.16. The number of rotatable bonds is 6. The van der Waals surface area contributed by atoms with Crippen molar-refractivity contribution in [2.24, 2.45) is 0 Å². The van der Waals surface area contributed by atoms with Crippen LogP contribution >= 0.6 is 0 Å². The van der Waals surface area contributed by atoms with Gasteiger partial charge in [-0.1, -0.05) is 24.2 Å². The van der Waals surface area contributed by atoms with Crippen LogP contribution in [0.2, 0.25) is 0 Å². The lowest BCUT2D eigenvalue weighted by molar-refractivity contribution is -0.117. The molecular formula is C22H23N3O4. The van der Waals surface area contributed by atoms with Gasteiger partial charge < -0.3 is 18.9 Å². The van der Waals surface area contributed by atoms with Crippen LogP contribution < -0.4 is 14.4 Å². The largest absolute Gasteiger partial charge is 0.493 e. The topological polar surface area (TPSA) is 77.7 Å². The fourth-order valence-electron chi connectivity index (χ4n) is 3.53. The Morgan fingerprint density at radius 1 is 1.10 bits per heavy atom. The van der Waals surface area contributed by atoms with Gasteiger partial charge in [-0.05, 0) is 42.3 Å². The molecule has 2 heterocycles. The van der Waals surface area contributed by atoms with E-state index in [1.807, 2.05) is 18.2 Å². The van der Waals surface area contributed by atoms with E-state index in [0.29, 0.717) is 36.2 Å². The van der Waals surface area contributed by atoms with Crippen LogP contribution in [-0.4, -0.2) is 36.8 Å². The van der Waals surface area contributed by atoms with E-state index in [1.54, 1.807) is 31.3 Å². The van der Waals surface area contributed by atoms with Gasteiger partial charge >= 0.3 is 0 Å². The zero-order valence-corrected chi connectivity index (χ0v) is 16.7. The molecule has 150 valence electrons. The van der Waals surface area contributed by atoms with E-state index < -0.39 is 0 Å². The molecule has 0 aliphatic carbocycles. The Bertz CT molecular complexity index is 1010. The quantitative estimate of drug-likeness (QED) is 0.633. The minimum Gasteiger partial charge on any atom is -0.493 e. The van der Waals surface area contributed by atoms with E-state index in [0.717, 1.165) is 17.7 Å². The lowest BCUT2D eigenvalue weighted by Gasteiger charge is -2.16. The van der Waals surface area contributed by atoms with Crippen LogP contribution in [0.4, 0.5) is 5.69 Å². The first-order valence-electron chi connectivity index (χ1n) is 9.58. The Kier molecular flexibility index (Phi) is 5.20. The van der Waals surface area contributed by atoms with Gasteiger partial charge in [0.15, 0.2) is 17.3 Å². The molecule has 1 saturated heterocycles. The maximum absolute atomic E-state index is 12.6. The minimum absolute atomic E-state index is 0.0664. The van der Waals surface area contributed by atoms with E-state index in [9.17, 15) is 4.79 Å². The van der Waals surface area contributed by atoms with Crippen molar-refractivity contribution in [3.05, 3.63) is 53.9 Å². The molecule has 1 atom stereocenters. The summed E-state index contributed by atoms with van der Waals surface area (Å²) in [5, 5.41) is 4.13. The third-order valence-corrected chi connectivity index (χ3v) is 5.22. The Hall–Kier alpha value is -3.35. The van der Waals surface area contributed by atoms with Crippen molar-refractivity contribution >= 4 is 11.6 Å². The summed E-state index contributed by atoms with van der Waals surface area (Å²) in [6, 6.07) is 13.5. The highest BCUT2D eigenvalue weighted by Gasteiger charge is 2.34. The Morgan fingerprint density at radius 3 is 2.55 bits per heavy atom. The second kappa shape index (κ2) is 7.95. The van der Waals surface area contributed by atoms with Crippen molar-refractivity contribution in [2.45, 2.75) is 25.7 Å². The normalized spacial score (nSPS) is 16.3. The van der Waals surface area contributed by atoms with Gasteiger partial charge in [0.25, 0.3) is 5.89 Å². The number of hydrogen-bond donors (Lipinski definition) is 0. The second-order valence-electron chi connectivity index (χ2n) is 6.95. The number of aromatic nitrogens is 2. The Labute approximate surface area is 169 Å². The maximum Gasteiger partial charge on any atom is 0.258 e. The molecule has 1 unspecified atom stereocenters. The third kappa shape index (κ3) is 3.68. The number of methoxy groups -OCH3 is 2. The number of carbonyl (C=O) groups is 1. The number of carbonyl (C=O) groups excluding carboxylic acids is 1. The summed E-state index contributed by atoms with van der Waals surface area (Å²) < 4.78 is 16.0. The van der Waals surface area contributed by atoms with E-state index in [4.69, 9.17) is 14.0 Å². The van der Waals surface area contributed by atoms with Gasteiger partial charge in [-0.3, -0.25) is 4.79 Å². The molecule has 0 radical (unpaired) electrons. The molecule has 1 aromatic heterocycles. The number of anilines is 1. The van der Waals surface area contributed by atoms with Gasteiger partial charge in [-0.25, -0.2) is 0 Å². The summed E-state index contributed by atoms with van der Waals surface area (Å²) >= 11 is 0. The lowest BCUT2D eigenvalue weighted by Crippen LogP contribution is -2.24. The van der Waals surface area contributed by atoms with Crippen molar-refractivity contribution in [3.8, 4) is 23.0 Å². The highest BCUT2D eigenvalue weighted by molar-refractivity contribution is 5.96. The molecule has 3 aromatic rings. The predicted molar refractivity (Wildman–Crippen MR) is 108 cm³/mol. The van der Waals surface area contributed by atoms with Gasteiger partial charge in [-0.15, -0.1) is 0 Å². The fraction of sp³-hybridized carbons (Fsp3) is 0.318. The molecule has 1 amide bonds. The van der Waals surface area contributed by atoms with Crippen LogP contribution in [0.5, 0.6) is 11.5 Å². The van der Waals surface area contributed by atoms with Crippen molar-refractivity contribution in [3.63, 3.8) is 0 Å². The molecule has 2 aromatic carbocycles. The molecule has 0 spiro atoms. The first-order valence-corrected chi connectivity index (χ1v) is 9.58. The average Bonchev–Trinajstić information content (AvgIpc) is 3.40. The van der Waals surface area contributed by atoms with Gasteiger partial charge in [0.2, 0.25) is 5.91 Å². The summed E-state index contributed by atoms with van der Waals surface area (Å²) in [6.07, 6.45) is 1.33. The minimum atomic E-state index is -0.106. The van der Waals surface area contributed by atoms with Crippen molar-refractivity contribution in [2.75, 3.05) is 25.7 Å². The summed E-state index contributed by atoms with van der Waals surface area (Å²) in [4.78, 5) is 18.9. The maximum atomic E-state index is 12.6. The van der Waals surface area contributed by atoms with Crippen molar-refractivity contribution in [1.29, 1.82) is 0 Å². The Balaban J connectivity index is 1.53. The molecule has 1 aliphatic rings. The molecule has 0 N–H and O–H groups in total. The number of amides is 1. The molecule has 29 heavy (non-hydrogen) atoms. The molecule has 0 bridgehead atoms. The van der Waals surface area contributed by atoms with Crippen molar-refractivity contribution < 1.29 is 18.8 Å². The van der Waals surface area contributed by atoms with Crippen LogP contribution in [0.15, 0.2) is 47.0 Å². The van der Waals surface area contributed by atoms with Gasteiger partial charge in [0, 0.05) is 30.1 Å². The molecule has 7 nitrogen and oxygen atoms in total. The van der Waals surface area contributed by atoms with Crippen LogP contribution in [0.25, 0.3) is 11.5 Å². The standard InChI is InChI=1S/C22H23N3O4/c1-4-14-5-8-17(9-6-14)25-13-16(12-20(25)26)21-23-22(29-24-21)15-7-10-18(27-2)19(11-15)28-3/h5-11,16H,4,12-13H2,1-3H3. The van der Waals surface area contributed by atoms with Gasteiger partial charge in [0.05, 0.1) is 14.2 Å². The molecule has 7 heteroatoms. The monoisotopic (exact) mass is 393 g/mol. The zero-order valence-electron chi connectivity index (χ0n) is 16.7. The number of nitrogens with zero attached hydrogens (tertiary/aromatic N) is 3. The molecule has 1 fully saturated rings. The highest BCUT2D eigenvalue weighted by atomic mass is 16.5. The first kappa shape index (κ1) is 19.0. The van der Waals surface area contributed by atoms with E-state index in [-0.39, 0.29) is 11.8 Å². The fourth-order valence-corrected chi connectivity index (χ4v) is 3.53. The first-order chi connectivity index (χ1) is 14.1. The van der Waals surface area contributed by atoms with Crippen LogP contribution in [0.3, 0.4) is 0 Å². The molecule has 1 aliphatic heterocycles. The summed E-state index contributed by atoms with van der Waals surface area (Å²) in [5.74, 6) is 2.10. The summed E-state index contributed by atoms with van der Waals surface area (Å²) in [5.41, 5.74) is 2.88. The number of hydrogen-bond acceptors (Lipinski definition) is 6. The number of aryl methyl sites for hydroxylation is 1. The number of ether oxygens (including phenoxy) is 2. The second-order valence-corrected chi connectivity index (χ2v) is 6.95. The highest BCUT2D eigenvalue weighted by Crippen LogP contribution is 2.34. The van der Waals surface area contributed by atoms with E-state index in [1.165, 1.54) is 5.56 Å². The zero-order chi connectivity index (χ0) is 20.4. The lowest BCUT2D eigenvalue weighted by atomic mass is 10.1. The van der Waals surface area contributed by atoms with Crippen molar-refractivity contribution in [1.82, 2.24) is 10.1 Å². The van der Waals surface area contributed by atoms with Gasteiger partial charge in [-0.2, -0.15) is 4.98 Å². The van der Waals surface area contributed by atoms with E-state index in [2.05, 4.69) is 29.2 Å². The van der Waals surface area contributed by atoms with E-state index >= 15 is 0 Å². The molecule has 0 saturated carbocycles. The smallest absolute Gasteiger partial charge is 0.258 e. The van der Waals surface area contributed by atoms with Crippen LogP contribution in [-0.2, 0) is 11.2 Å². The van der Waals surface area contributed by atoms with Crippen LogP contribution in [0.1, 0.15) is 30.7 Å². The third-order valence-electron chi connectivity index (χ3n) is 5.22. The molecular weight excluding hydrogens is 370 g/mol. The van der Waals surface area contributed by atoms with Gasteiger partial charge in [0.1, 0.15) is 0 Å². The predicted octanol–water partition coefficient (Wildman–Crippen LogP) is 3.84. The Morgan fingerprint density at radius 2 is 1.86 bits per heavy atom. The average molecular weight is 393 g/mol. The SMILES string of the molecule is CCc1ccc(N2CC(c3noc(-c4ccc(OC)c(OC)c4)n3)CC2=O)cc1. The van der Waals surface area contributed by atoms with Crippen LogP contribution in [0, 0.1) is 0 Å². The number of benzene rings is 2.